The lowest BCUT2D eigenvalue weighted by atomic mass is 10.0. The Hall–Kier alpha value is -7.24. The second-order valence-corrected chi connectivity index (χ2v) is 13.8. The van der Waals surface area contributed by atoms with Crippen LogP contribution < -0.4 is 0 Å². The van der Waals surface area contributed by atoms with E-state index in [1.165, 1.54) is 38.0 Å². The van der Waals surface area contributed by atoms with Crippen molar-refractivity contribution < 1.29 is 0 Å². The Labute approximate surface area is 303 Å². The van der Waals surface area contributed by atoms with Crippen LogP contribution >= 0.6 is 0 Å². The summed E-state index contributed by atoms with van der Waals surface area (Å²) < 4.78 is 7.00. The number of para-hydroxylation sites is 4. The molecule has 0 aliphatic rings. The van der Waals surface area contributed by atoms with E-state index < -0.39 is 0 Å². The van der Waals surface area contributed by atoms with Crippen molar-refractivity contribution in [2.45, 2.75) is 0 Å². The van der Waals surface area contributed by atoms with Gasteiger partial charge in [-0.2, -0.15) is 0 Å². The number of imidazole rings is 1. The summed E-state index contributed by atoms with van der Waals surface area (Å²) in [7, 11) is 0. The predicted octanol–water partition coefficient (Wildman–Crippen LogP) is 12.1. The summed E-state index contributed by atoms with van der Waals surface area (Å²) in [6.07, 6.45) is 1.94. The van der Waals surface area contributed by atoms with Crippen molar-refractivity contribution in [1.82, 2.24) is 23.5 Å². The van der Waals surface area contributed by atoms with Crippen molar-refractivity contribution >= 4 is 82.0 Å². The molecule has 0 unspecified atom stereocenters. The topological polar surface area (TPSA) is 40.0 Å². The van der Waals surface area contributed by atoms with Gasteiger partial charge in [-0.1, -0.05) is 103 Å². The van der Waals surface area contributed by atoms with E-state index >= 15 is 0 Å². The van der Waals surface area contributed by atoms with Gasteiger partial charge in [0.2, 0.25) is 0 Å². The normalized spacial score (nSPS) is 12.2. The van der Waals surface area contributed by atoms with Gasteiger partial charge in [-0.3, -0.25) is 8.97 Å². The monoisotopic (exact) mass is 675 g/mol. The number of hydrogen-bond acceptors (Lipinski definition) is 2. The fourth-order valence-electron chi connectivity index (χ4n) is 8.79. The molecular formula is C48H29N5. The van der Waals surface area contributed by atoms with Crippen LogP contribution in [-0.4, -0.2) is 23.5 Å². The highest BCUT2D eigenvalue weighted by Crippen LogP contribution is 2.40. The number of pyridine rings is 2. The molecule has 0 spiro atoms. The molecule has 12 rings (SSSR count). The number of benzene rings is 7. The van der Waals surface area contributed by atoms with E-state index in [0.717, 1.165) is 66.6 Å². The van der Waals surface area contributed by atoms with Crippen LogP contribution in [0.1, 0.15) is 0 Å². The molecule has 0 aliphatic carbocycles. The molecule has 12 aromatic rings. The third kappa shape index (κ3) is 3.91. The first kappa shape index (κ1) is 28.5. The van der Waals surface area contributed by atoms with E-state index in [1.807, 2.05) is 6.20 Å². The molecular weight excluding hydrogens is 647 g/mol. The minimum Gasteiger partial charge on any atom is -0.309 e. The van der Waals surface area contributed by atoms with E-state index in [0.29, 0.717) is 0 Å². The lowest BCUT2D eigenvalue weighted by Gasteiger charge is -2.11. The van der Waals surface area contributed by atoms with Crippen molar-refractivity contribution in [2.75, 3.05) is 0 Å². The average molecular weight is 676 g/mol. The third-order valence-electron chi connectivity index (χ3n) is 11.1. The zero-order chi connectivity index (χ0) is 34.6. The molecule has 5 nitrogen and oxygen atoms in total. The highest BCUT2D eigenvalue weighted by Gasteiger charge is 2.21. The SMILES string of the molecule is c1ccc(-n2c3ccccc3c3cc(-c4ccnc(-n5c6ccccc6c6ccc7c(nc8c9ccccc9c9ccccc9n78)c65)c4)ccc32)cc1. The molecule has 0 saturated carbocycles. The van der Waals surface area contributed by atoms with E-state index in [4.69, 9.17) is 9.97 Å². The first-order valence-corrected chi connectivity index (χ1v) is 18.0. The largest absolute Gasteiger partial charge is 0.309 e. The quantitative estimate of drug-likeness (QED) is 0.175. The summed E-state index contributed by atoms with van der Waals surface area (Å²) >= 11 is 0. The molecule has 246 valence electrons. The molecule has 0 saturated heterocycles. The molecule has 0 amide bonds. The van der Waals surface area contributed by atoms with Gasteiger partial charge in [-0.15, -0.1) is 0 Å². The lowest BCUT2D eigenvalue weighted by molar-refractivity contribution is 1.08. The summed E-state index contributed by atoms with van der Waals surface area (Å²) in [5.74, 6) is 0.861. The summed E-state index contributed by atoms with van der Waals surface area (Å²) in [6, 6.07) is 60.9. The molecule has 53 heavy (non-hydrogen) atoms. The number of nitrogens with zero attached hydrogens (tertiary/aromatic N) is 5. The zero-order valence-corrected chi connectivity index (χ0v) is 28.5. The van der Waals surface area contributed by atoms with Crippen molar-refractivity contribution in [2.24, 2.45) is 0 Å². The Balaban J connectivity index is 1.12. The van der Waals surface area contributed by atoms with Crippen LogP contribution in [0.3, 0.4) is 0 Å². The molecule has 0 aliphatic heterocycles. The van der Waals surface area contributed by atoms with E-state index in [2.05, 4.69) is 183 Å². The average Bonchev–Trinajstić information content (AvgIpc) is 3.89. The minimum absolute atomic E-state index is 0.861. The highest BCUT2D eigenvalue weighted by molar-refractivity contribution is 6.20. The van der Waals surface area contributed by atoms with E-state index in [-0.39, 0.29) is 0 Å². The van der Waals surface area contributed by atoms with Crippen LogP contribution in [0, 0.1) is 0 Å². The number of rotatable bonds is 3. The number of aromatic nitrogens is 5. The molecule has 0 atom stereocenters. The Morgan fingerprint density at radius 2 is 0.962 bits per heavy atom. The maximum absolute atomic E-state index is 5.49. The van der Waals surface area contributed by atoms with E-state index in [9.17, 15) is 0 Å². The van der Waals surface area contributed by atoms with Gasteiger partial charge in [0, 0.05) is 44.2 Å². The Kier molecular flexibility index (Phi) is 5.71. The summed E-state index contributed by atoms with van der Waals surface area (Å²) in [6.45, 7) is 0. The molecule has 0 radical (unpaired) electrons. The Morgan fingerprint density at radius 1 is 0.377 bits per heavy atom. The summed E-state index contributed by atoms with van der Waals surface area (Å²) in [5.41, 5.74) is 12.1. The maximum Gasteiger partial charge on any atom is 0.146 e. The molecule has 5 heteroatoms. The molecule has 0 bridgehead atoms. The summed E-state index contributed by atoms with van der Waals surface area (Å²) in [5, 5.41) is 8.37. The molecule has 0 N–H and O–H groups in total. The lowest BCUT2D eigenvalue weighted by Crippen LogP contribution is -1.98. The third-order valence-corrected chi connectivity index (χ3v) is 11.1. The van der Waals surface area contributed by atoms with Gasteiger partial charge in [-0.25, -0.2) is 9.97 Å². The van der Waals surface area contributed by atoms with Gasteiger partial charge >= 0.3 is 0 Å². The maximum atomic E-state index is 5.49. The van der Waals surface area contributed by atoms with Gasteiger partial charge in [0.05, 0.1) is 33.1 Å². The Bertz CT molecular complexity index is 3460. The van der Waals surface area contributed by atoms with Crippen LogP contribution in [0.25, 0.3) is 105 Å². The van der Waals surface area contributed by atoms with Crippen molar-refractivity contribution in [3.05, 3.63) is 176 Å². The van der Waals surface area contributed by atoms with Crippen LogP contribution in [0.15, 0.2) is 176 Å². The molecule has 0 fully saturated rings. The smallest absolute Gasteiger partial charge is 0.146 e. The van der Waals surface area contributed by atoms with Crippen molar-refractivity contribution in [3.8, 4) is 22.6 Å². The van der Waals surface area contributed by atoms with Crippen LogP contribution in [0.4, 0.5) is 0 Å². The minimum atomic E-state index is 0.861. The molecule has 7 aromatic carbocycles. The number of fused-ring (bicyclic) bond motifs is 15. The first-order valence-electron chi connectivity index (χ1n) is 18.0. The fourth-order valence-corrected chi connectivity index (χ4v) is 8.79. The van der Waals surface area contributed by atoms with Crippen LogP contribution in [-0.2, 0) is 0 Å². The van der Waals surface area contributed by atoms with Crippen LogP contribution in [0.5, 0.6) is 0 Å². The Morgan fingerprint density at radius 3 is 1.75 bits per heavy atom. The first-order chi connectivity index (χ1) is 26.3. The molecule has 5 heterocycles. The fraction of sp³-hybridized carbons (Fsp3) is 0. The van der Waals surface area contributed by atoms with Gasteiger partial charge in [0.25, 0.3) is 0 Å². The molecule has 5 aromatic heterocycles. The van der Waals surface area contributed by atoms with E-state index in [1.54, 1.807) is 0 Å². The number of hydrogen-bond donors (Lipinski definition) is 0. The second-order valence-electron chi connectivity index (χ2n) is 13.8. The van der Waals surface area contributed by atoms with Crippen molar-refractivity contribution in [1.29, 1.82) is 0 Å². The summed E-state index contributed by atoms with van der Waals surface area (Å²) in [4.78, 5) is 10.5. The van der Waals surface area contributed by atoms with Gasteiger partial charge < -0.3 is 4.57 Å². The van der Waals surface area contributed by atoms with Crippen molar-refractivity contribution in [3.63, 3.8) is 0 Å². The van der Waals surface area contributed by atoms with Gasteiger partial charge in [-0.05, 0) is 83.2 Å². The highest BCUT2D eigenvalue weighted by atomic mass is 15.1. The predicted molar refractivity (Wildman–Crippen MR) is 220 cm³/mol. The van der Waals surface area contributed by atoms with Crippen LogP contribution in [0.2, 0.25) is 0 Å². The second kappa shape index (κ2) is 10.6. The standard InChI is InChI=1S/C48H29N5/c1-2-12-32(13-3-1)51-40-19-9-8-17-36(40)39-28-30(22-24-43(39)51)31-26-27-49-45(29-31)53-42-21-11-7-16-35(42)37-23-25-44-46(47(37)53)50-48-38-18-5-4-14-33(38)34-15-6-10-20-41(34)52(44)48/h1-29H. The zero-order valence-electron chi connectivity index (χ0n) is 28.5. The van der Waals surface area contributed by atoms with Gasteiger partial charge in [0.15, 0.2) is 0 Å². The van der Waals surface area contributed by atoms with Gasteiger partial charge in [0.1, 0.15) is 17.0 Å².